The van der Waals surface area contributed by atoms with E-state index in [9.17, 15) is 9.59 Å². The number of aliphatic carboxylic acids is 1. The van der Waals surface area contributed by atoms with Gasteiger partial charge in [0.15, 0.2) is 0 Å². The van der Waals surface area contributed by atoms with Gasteiger partial charge in [0.2, 0.25) is 0 Å². The Morgan fingerprint density at radius 2 is 2.21 bits per heavy atom. The minimum absolute atomic E-state index is 0.0167. The van der Waals surface area contributed by atoms with Crippen molar-refractivity contribution in [1.29, 1.82) is 0 Å². The SMILES string of the molecule is CCCc1nnsc1C(=O)N1CC(C)C(C(=O)O)C1. The van der Waals surface area contributed by atoms with Crippen molar-refractivity contribution < 1.29 is 14.7 Å². The summed E-state index contributed by atoms with van der Waals surface area (Å²) in [5.74, 6) is -1.45. The minimum Gasteiger partial charge on any atom is -0.481 e. The summed E-state index contributed by atoms with van der Waals surface area (Å²) in [5, 5.41) is 13.1. The van der Waals surface area contributed by atoms with E-state index < -0.39 is 11.9 Å². The van der Waals surface area contributed by atoms with Crippen LogP contribution in [0.1, 0.15) is 35.6 Å². The first-order valence-corrected chi connectivity index (χ1v) is 7.15. The van der Waals surface area contributed by atoms with Crippen molar-refractivity contribution >= 4 is 23.4 Å². The molecule has 1 saturated heterocycles. The Hall–Kier alpha value is -1.50. The van der Waals surface area contributed by atoms with E-state index in [1.165, 1.54) is 0 Å². The highest BCUT2D eigenvalue weighted by Gasteiger charge is 2.38. The third kappa shape index (κ3) is 2.75. The van der Waals surface area contributed by atoms with Crippen LogP contribution in [0.15, 0.2) is 0 Å². The number of carbonyl (C=O) groups excluding carboxylic acids is 1. The van der Waals surface area contributed by atoms with E-state index in [-0.39, 0.29) is 18.4 Å². The summed E-state index contributed by atoms with van der Waals surface area (Å²) in [7, 11) is 0. The number of carboxylic acid groups (broad SMARTS) is 1. The predicted molar refractivity (Wildman–Crippen MR) is 70.1 cm³/mol. The van der Waals surface area contributed by atoms with Crippen molar-refractivity contribution in [1.82, 2.24) is 14.5 Å². The molecule has 7 heteroatoms. The standard InChI is InChI=1S/C12H17N3O3S/c1-3-4-9-10(19-14-13-9)11(16)15-5-7(2)8(6-15)12(17)18/h7-8H,3-6H2,1-2H3,(H,17,18). The highest BCUT2D eigenvalue weighted by Crippen LogP contribution is 2.26. The Bertz CT molecular complexity index is 488. The van der Waals surface area contributed by atoms with Gasteiger partial charge in [-0.2, -0.15) is 0 Å². The summed E-state index contributed by atoms with van der Waals surface area (Å²) < 4.78 is 3.83. The molecule has 1 fully saturated rings. The Morgan fingerprint density at radius 1 is 1.47 bits per heavy atom. The molecule has 1 aliphatic heterocycles. The lowest BCUT2D eigenvalue weighted by Crippen LogP contribution is -2.30. The maximum absolute atomic E-state index is 12.4. The number of aromatic nitrogens is 2. The van der Waals surface area contributed by atoms with Crippen molar-refractivity contribution in [2.75, 3.05) is 13.1 Å². The molecule has 1 aromatic rings. The summed E-state index contributed by atoms with van der Waals surface area (Å²) >= 11 is 1.10. The van der Waals surface area contributed by atoms with Crippen LogP contribution in [-0.4, -0.2) is 44.6 Å². The molecule has 104 valence electrons. The van der Waals surface area contributed by atoms with E-state index in [2.05, 4.69) is 9.59 Å². The van der Waals surface area contributed by atoms with Crippen LogP contribution < -0.4 is 0 Å². The monoisotopic (exact) mass is 283 g/mol. The molecule has 1 N–H and O–H groups in total. The molecule has 0 radical (unpaired) electrons. The Kier molecular flexibility index (Phi) is 4.14. The molecule has 6 nitrogen and oxygen atoms in total. The Morgan fingerprint density at radius 3 is 2.79 bits per heavy atom. The second kappa shape index (κ2) is 5.64. The van der Waals surface area contributed by atoms with Gasteiger partial charge in [-0.3, -0.25) is 9.59 Å². The first-order valence-electron chi connectivity index (χ1n) is 6.37. The number of aryl methyl sites for hydroxylation is 1. The van der Waals surface area contributed by atoms with Gasteiger partial charge in [0, 0.05) is 13.1 Å². The average molecular weight is 283 g/mol. The summed E-state index contributed by atoms with van der Waals surface area (Å²) in [4.78, 5) is 25.6. The van der Waals surface area contributed by atoms with Gasteiger partial charge >= 0.3 is 5.97 Å². The van der Waals surface area contributed by atoms with Gasteiger partial charge in [0.05, 0.1) is 11.6 Å². The smallest absolute Gasteiger partial charge is 0.308 e. The molecule has 0 bridgehead atoms. The highest BCUT2D eigenvalue weighted by atomic mass is 32.1. The number of amides is 1. The average Bonchev–Trinajstić information content (AvgIpc) is 2.95. The number of hydrogen-bond acceptors (Lipinski definition) is 5. The maximum Gasteiger partial charge on any atom is 0.308 e. The van der Waals surface area contributed by atoms with Gasteiger partial charge in [-0.05, 0) is 23.9 Å². The van der Waals surface area contributed by atoms with Crippen LogP contribution in [0.3, 0.4) is 0 Å². The van der Waals surface area contributed by atoms with E-state index in [0.29, 0.717) is 11.4 Å². The molecule has 1 aromatic heterocycles. The predicted octanol–water partition coefficient (Wildman–Crippen LogP) is 1.28. The summed E-state index contributed by atoms with van der Waals surface area (Å²) in [6.07, 6.45) is 1.63. The topological polar surface area (TPSA) is 83.4 Å². The number of carbonyl (C=O) groups is 2. The molecule has 2 rings (SSSR count). The number of carboxylic acids is 1. The van der Waals surface area contributed by atoms with Gasteiger partial charge in [0.25, 0.3) is 5.91 Å². The fraction of sp³-hybridized carbons (Fsp3) is 0.667. The number of rotatable bonds is 4. The zero-order valence-corrected chi connectivity index (χ0v) is 11.8. The van der Waals surface area contributed by atoms with Crippen LogP contribution in [0.2, 0.25) is 0 Å². The molecule has 0 aliphatic carbocycles. The molecule has 2 unspecified atom stereocenters. The molecule has 0 aromatic carbocycles. The quantitative estimate of drug-likeness (QED) is 0.900. The fourth-order valence-electron chi connectivity index (χ4n) is 2.37. The van der Waals surface area contributed by atoms with Gasteiger partial charge in [-0.25, -0.2) is 0 Å². The fourth-order valence-corrected chi connectivity index (χ4v) is 3.05. The van der Waals surface area contributed by atoms with Crippen LogP contribution in [0, 0.1) is 11.8 Å². The van der Waals surface area contributed by atoms with Crippen molar-refractivity contribution in [3.05, 3.63) is 10.6 Å². The maximum atomic E-state index is 12.4. The lowest BCUT2D eigenvalue weighted by atomic mass is 9.99. The molecule has 0 spiro atoms. The van der Waals surface area contributed by atoms with Crippen LogP contribution >= 0.6 is 11.5 Å². The van der Waals surface area contributed by atoms with Crippen LogP contribution in [0.5, 0.6) is 0 Å². The summed E-state index contributed by atoms with van der Waals surface area (Å²) in [6, 6.07) is 0. The zero-order valence-electron chi connectivity index (χ0n) is 11.0. The number of likely N-dealkylation sites (tertiary alicyclic amines) is 1. The van der Waals surface area contributed by atoms with Gasteiger partial charge in [0.1, 0.15) is 4.88 Å². The summed E-state index contributed by atoms with van der Waals surface area (Å²) in [6.45, 7) is 4.65. The van der Waals surface area contributed by atoms with E-state index in [0.717, 1.165) is 30.1 Å². The largest absolute Gasteiger partial charge is 0.481 e. The molecule has 1 amide bonds. The van der Waals surface area contributed by atoms with Crippen molar-refractivity contribution in [2.24, 2.45) is 11.8 Å². The van der Waals surface area contributed by atoms with Gasteiger partial charge in [-0.1, -0.05) is 24.8 Å². The molecular formula is C12H17N3O3S. The highest BCUT2D eigenvalue weighted by molar-refractivity contribution is 7.08. The molecule has 2 heterocycles. The van der Waals surface area contributed by atoms with Gasteiger partial charge < -0.3 is 10.0 Å². The third-order valence-electron chi connectivity index (χ3n) is 3.45. The molecule has 2 atom stereocenters. The van der Waals surface area contributed by atoms with E-state index in [1.807, 2.05) is 13.8 Å². The van der Waals surface area contributed by atoms with Crippen molar-refractivity contribution in [2.45, 2.75) is 26.7 Å². The molecule has 1 aliphatic rings. The second-order valence-electron chi connectivity index (χ2n) is 4.93. The lowest BCUT2D eigenvalue weighted by molar-refractivity contribution is -0.142. The second-order valence-corrected chi connectivity index (χ2v) is 5.69. The number of nitrogens with zero attached hydrogens (tertiary/aromatic N) is 3. The van der Waals surface area contributed by atoms with Crippen molar-refractivity contribution in [3.63, 3.8) is 0 Å². The molecule has 0 saturated carbocycles. The van der Waals surface area contributed by atoms with Gasteiger partial charge in [-0.15, -0.1) is 5.10 Å². The summed E-state index contributed by atoms with van der Waals surface area (Å²) in [5.41, 5.74) is 0.726. The number of hydrogen-bond donors (Lipinski definition) is 1. The molecule has 19 heavy (non-hydrogen) atoms. The van der Waals surface area contributed by atoms with Crippen LogP contribution in [0.4, 0.5) is 0 Å². The first kappa shape index (κ1) is 13.9. The Labute approximate surface area is 115 Å². The first-order chi connectivity index (χ1) is 9.04. The van der Waals surface area contributed by atoms with Crippen LogP contribution in [0.25, 0.3) is 0 Å². The van der Waals surface area contributed by atoms with Crippen molar-refractivity contribution in [3.8, 4) is 0 Å². The zero-order chi connectivity index (χ0) is 14.0. The van der Waals surface area contributed by atoms with E-state index >= 15 is 0 Å². The molecular weight excluding hydrogens is 266 g/mol. The Balaban J connectivity index is 2.12. The third-order valence-corrected chi connectivity index (χ3v) is 4.21. The van der Waals surface area contributed by atoms with E-state index in [4.69, 9.17) is 5.11 Å². The van der Waals surface area contributed by atoms with E-state index in [1.54, 1.807) is 4.90 Å². The normalized spacial score (nSPS) is 22.7. The minimum atomic E-state index is -0.834. The lowest BCUT2D eigenvalue weighted by Gasteiger charge is -2.14. The van der Waals surface area contributed by atoms with Crippen LogP contribution in [-0.2, 0) is 11.2 Å².